The Kier molecular flexibility index (Phi) is 4.30. The second kappa shape index (κ2) is 6.89. The van der Waals surface area contributed by atoms with Crippen LogP contribution in [-0.2, 0) is 11.3 Å². The normalized spacial score (nSPS) is 16.9. The molecule has 1 saturated heterocycles. The van der Waals surface area contributed by atoms with Crippen LogP contribution in [0.2, 0.25) is 0 Å². The van der Waals surface area contributed by atoms with Crippen molar-refractivity contribution in [3.63, 3.8) is 0 Å². The van der Waals surface area contributed by atoms with Gasteiger partial charge < -0.3 is 14.8 Å². The average Bonchev–Trinajstić information content (AvgIpc) is 3.41. The van der Waals surface area contributed by atoms with Crippen LogP contribution in [0.4, 0.5) is 5.82 Å². The van der Waals surface area contributed by atoms with Crippen molar-refractivity contribution >= 4 is 5.82 Å². The van der Waals surface area contributed by atoms with Gasteiger partial charge in [-0.3, -0.25) is 0 Å². The predicted molar refractivity (Wildman–Crippen MR) is 89.7 cm³/mol. The number of nitrogens with one attached hydrogen (secondary N) is 1. The summed E-state index contributed by atoms with van der Waals surface area (Å²) >= 11 is 0. The Labute approximate surface area is 144 Å². The fraction of sp³-hybridized carbons (Fsp3) is 0.375. The van der Waals surface area contributed by atoms with E-state index in [0.717, 1.165) is 30.2 Å². The van der Waals surface area contributed by atoms with E-state index >= 15 is 0 Å². The lowest BCUT2D eigenvalue weighted by Gasteiger charge is -2.05. The first-order valence-corrected chi connectivity index (χ1v) is 8.11. The van der Waals surface area contributed by atoms with E-state index in [2.05, 4.69) is 25.9 Å². The zero-order chi connectivity index (χ0) is 17.1. The van der Waals surface area contributed by atoms with Crippen molar-refractivity contribution in [3.8, 4) is 11.4 Å². The van der Waals surface area contributed by atoms with E-state index in [9.17, 15) is 0 Å². The molecule has 1 aliphatic heterocycles. The van der Waals surface area contributed by atoms with Crippen molar-refractivity contribution in [2.75, 3.05) is 25.6 Å². The number of anilines is 1. The standard InChI is InChI=1S/C16H19N7O2/c1-24-15-4-2-13(3-5-15)22-9-12(18-20-22)8-17-16-10-23(21-19-16)14-6-7-25-11-14/h2-5,9-10,14,17H,6-8,11H2,1H3. The number of rotatable bonds is 6. The van der Waals surface area contributed by atoms with E-state index in [4.69, 9.17) is 9.47 Å². The van der Waals surface area contributed by atoms with Crippen molar-refractivity contribution in [2.45, 2.75) is 19.0 Å². The van der Waals surface area contributed by atoms with Gasteiger partial charge in [-0.05, 0) is 30.7 Å². The first-order chi connectivity index (χ1) is 12.3. The highest BCUT2D eigenvalue weighted by atomic mass is 16.5. The number of hydrogen-bond donors (Lipinski definition) is 1. The molecule has 0 radical (unpaired) electrons. The highest BCUT2D eigenvalue weighted by molar-refractivity contribution is 5.37. The largest absolute Gasteiger partial charge is 0.497 e. The smallest absolute Gasteiger partial charge is 0.168 e. The van der Waals surface area contributed by atoms with E-state index in [1.54, 1.807) is 11.8 Å². The van der Waals surface area contributed by atoms with Crippen LogP contribution in [0.5, 0.6) is 5.75 Å². The monoisotopic (exact) mass is 341 g/mol. The Morgan fingerprint density at radius 3 is 2.84 bits per heavy atom. The molecule has 1 N–H and O–H groups in total. The van der Waals surface area contributed by atoms with Crippen molar-refractivity contribution < 1.29 is 9.47 Å². The quantitative estimate of drug-likeness (QED) is 0.725. The maximum Gasteiger partial charge on any atom is 0.168 e. The Hall–Kier alpha value is -2.94. The summed E-state index contributed by atoms with van der Waals surface area (Å²) in [4.78, 5) is 0. The Balaban J connectivity index is 1.37. The van der Waals surface area contributed by atoms with Crippen molar-refractivity contribution in [3.05, 3.63) is 42.4 Å². The number of hydrogen-bond acceptors (Lipinski definition) is 7. The minimum atomic E-state index is 0.277. The molecule has 4 rings (SSSR count). The van der Waals surface area contributed by atoms with Gasteiger partial charge in [-0.15, -0.1) is 10.2 Å². The molecule has 1 aromatic carbocycles. The lowest BCUT2D eigenvalue weighted by molar-refractivity contribution is 0.184. The van der Waals surface area contributed by atoms with Gasteiger partial charge in [-0.25, -0.2) is 9.36 Å². The van der Waals surface area contributed by atoms with E-state index in [0.29, 0.717) is 19.0 Å². The number of nitrogens with zero attached hydrogens (tertiary/aromatic N) is 6. The minimum absolute atomic E-state index is 0.277. The van der Waals surface area contributed by atoms with Gasteiger partial charge in [0.1, 0.15) is 11.4 Å². The zero-order valence-corrected chi connectivity index (χ0v) is 13.9. The summed E-state index contributed by atoms with van der Waals surface area (Å²) in [6.45, 7) is 2.00. The van der Waals surface area contributed by atoms with Crippen LogP contribution in [0, 0.1) is 0 Å². The van der Waals surface area contributed by atoms with Gasteiger partial charge in [0.2, 0.25) is 0 Å². The topological polar surface area (TPSA) is 91.9 Å². The van der Waals surface area contributed by atoms with Crippen molar-refractivity contribution in [1.82, 2.24) is 30.0 Å². The molecule has 9 nitrogen and oxygen atoms in total. The first kappa shape index (κ1) is 15.6. The SMILES string of the molecule is COc1ccc(-n2cc(CNc3cn(C4CCOC4)nn3)nn2)cc1. The third-order valence-corrected chi connectivity index (χ3v) is 4.12. The van der Waals surface area contributed by atoms with Gasteiger partial charge in [-0.1, -0.05) is 10.4 Å². The molecule has 9 heteroatoms. The first-order valence-electron chi connectivity index (χ1n) is 8.11. The summed E-state index contributed by atoms with van der Waals surface area (Å²) in [7, 11) is 1.64. The minimum Gasteiger partial charge on any atom is -0.497 e. The molecule has 0 aliphatic carbocycles. The molecule has 1 atom stereocenters. The molecule has 1 fully saturated rings. The summed E-state index contributed by atoms with van der Waals surface area (Å²) < 4.78 is 14.1. The van der Waals surface area contributed by atoms with E-state index in [-0.39, 0.29) is 6.04 Å². The fourth-order valence-electron chi connectivity index (χ4n) is 2.69. The summed E-state index contributed by atoms with van der Waals surface area (Å²) in [5.41, 5.74) is 1.74. The van der Waals surface area contributed by atoms with Gasteiger partial charge in [0.15, 0.2) is 5.82 Å². The molecule has 0 bridgehead atoms. The molecule has 3 aromatic rings. The highest BCUT2D eigenvalue weighted by Gasteiger charge is 2.18. The third-order valence-electron chi connectivity index (χ3n) is 4.12. The summed E-state index contributed by atoms with van der Waals surface area (Å²) in [5, 5.41) is 19.8. The molecule has 3 heterocycles. The number of benzene rings is 1. The maximum atomic E-state index is 5.37. The molecule has 25 heavy (non-hydrogen) atoms. The molecule has 0 amide bonds. The molecule has 0 spiro atoms. The van der Waals surface area contributed by atoms with Crippen LogP contribution in [0.15, 0.2) is 36.7 Å². The summed E-state index contributed by atoms with van der Waals surface area (Å²) in [6.07, 6.45) is 4.75. The van der Waals surface area contributed by atoms with Crippen LogP contribution >= 0.6 is 0 Å². The highest BCUT2D eigenvalue weighted by Crippen LogP contribution is 2.19. The van der Waals surface area contributed by atoms with Crippen molar-refractivity contribution in [2.24, 2.45) is 0 Å². The Bertz CT molecular complexity index is 821. The van der Waals surface area contributed by atoms with Gasteiger partial charge in [0, 0.05) is 6.61 Å². The number of aromatic nitrogens is 6. The van der Waals surface area contributed by atoms with E-state index in [1.165, 1.54) is 0 Å². The van der Waals surface area contributed by atoms with Crippen molar-refractivity contribution in [1.29, 1.82) is 0 Å². The van der Waals surface area contributed by atoms with Crippen LogP contribution in [0.1, 0.15) is 18.2 Å². The van der Waals surface area contributed by atoms with Gasteiger partial charge in [-0.2, -0.15) is 0 Å². The lowest BCUT2D eigenvalue weighted by Crippen LogP contribution is -2.09. The fourth-order valence-corrected chi connectivity index (χ4v) is 2.69. The zero-order valence-electron chi connectivity index (χ0n) is 13.9. The van der Waals surface area contributed by atoms with E-state index in [1.807, 2.05) is 41.3 Å². The number of methoxy groups -OCH3 is 1. The Morgan fingerprint density at radius 1 is 1.20 bits per heavy atom. The van der Waals surface area contributed by atoms with Gasteiger partial charge >= 0.3 is 0 Å². The third kappa shape index (κ3) is 3.45. The van der Waals surface area contributed by atoms with Crippen LogP contribution in [0.3, 0.4) is 0 Å². The molecular weight excluding hydrogens is 322 g/mol. The van der Waals surface area contributed by atoms with Crippen LogP contribution in [-0.4, -0.2) is 50.3 Å². The van der Waals surface area contributed by atoms with Crippen LogP contribution < -0.4 is 10.1 Å². The van der Waals surface area contributed by atoms with E-state index < -0.39 is 0 Å². The molecule has 1 aliphatic rings. The molecule has 2 aromatic heterocycles. The predicted octanol–water partition coefficient (Wildman–Crippen LogP) is 1.44. The molecule has 130 valence electrons. The maximum absolute atomic E-state index is 5.37. The molecule has 1 unspecified atom stereocenters. The summed E-state index contributed by atoms with van der Waals surface area (Å²) in [6, 6.07) is 7.92. The molecule has 0 saturated carbocycles. The van der Waals surface area contributed by atoms with Crippen LogP contribution in [0.25, 0.3) is 5.69 Å². The molecular formula is C16H19N7O2. The Morgan fingerprint density at radius 2 is 2.08 bits per heavy atom. The van der Waals surface area contributed by atoms with Gasteiger partial charge in [0.05, 0.1) is 44.4 Å². The lowest BCUT2D eigenvalue weighted by atomic mass is 10.3. The van der Waals surface area contributed by atoms with Gasteiger partial charge in [0.25, 0.3) is 0 Å². The average molecular weight is 341 g/mol. The summed E-state index contributed by atoms with van der Waals surface area (Å²) in [5.74, 6) is 1.52. The second-order valence-corrected chi connectivity index (χ2v) is 5.81. The number of ether oxygens (including phenoxy) is 2. The second-order valence-electron chi connectivity index (χ2n) is 5.81.